The van der Waals surface area contributed by atoms with Crippen molar-refractivity contribution in [3.63, 3.8) is 0 Å². The summed E-state index contributed by atoms with van der Waals surface area (Å²) in [5, 5.41) is 18.2. The minimum atomic E-state index is -0.396. The largest absolute Gasteiger partial charge is 0.394 e. The average molecular weight is 160 g/mol. The van der Waals surface area contributed by atoms with Gasteiger partial charge in [-0.15, -0.1) is 0 Å². The van der Waals surface area contributed by atoms with E-state index in [2.05, 4.69) is 0 Å². The van der Waals surface area contributed by atoms with E-state index in [0.29, 0.717) is 12.3 Å². The van der Waals surface area contributed by atoms with Gasteiger partial charge in [0, 0.05) is 6.42 Å². The van der Waals surface area contributed by atoms with Crippen LogP contribution >= 0.6 is 0 Å². The first-order valence-electron chi connectivity index (χ1n) is 4.09. The van der Waals surface area contributed by atoms with E-state index in [0.717, 1.165) is 0 Å². The van der Waals surface area contributed by atoms with Crippen molar-refractivity contribution in [1.82, 2.24) is 0 Å². The standard InChI is InChI=1S/C8H16O3/c1-5(2)8-7(10)3-6(4-9)11-8/h5-10H,3-4H2,1-2H3. The molecule has 0 radical (unpaired) electrons. The zero-order chi connectivity index (χ0) is 8.43. The summed E-state index contributed by atoms with van der Waals surface area (Å²) in [4.78, 5) is 0. The highest BCUT2D eigenvalue weighted by atomic mass is 16.5. The normalized spacial score (nSPS) is 38.5. The van der Waals surface area contributed by atoms with Gasteiger partial charge in [0.2, 0.25) is 0 Å². The van der Waals surface area contributed by atoms with Crippen molar-refractivity contribution in [2.45, 2.75) is 38.6 Å². The van der Waals surface area contributed by atoms with E-state index in [-0.39, 0.29) is 18.8 Å². The van der Waals surface area contributed by atoms with Gasteiger partial charge in [-0.05, 0) is 5.92 Å². The lowest BCUT2D eigenvalue weighted by atomic mass is 10.0. The Bertz CT molecular complexity index is 125. The second-order valence-corrected chi connectivity index (χ2v) is 3.45. The van der Waals surface area contributed by atoms with Crippen LogP contribution in [0.3, 0.4) is 0 Å². The molecule has 1 aliphatic heterocycles. The number of aliphatic hydroxyl groups is 2. The zero-order valence-electron chi connectivity index (χ0n) is 7.03. The summed E-state index contributed by atoms with van der Waals surface area (Å²) in [5.74, 6) is 0.321. The van der Waals surface area contributed by atoms with Gasteiger partial charge in [0.25, 0.3) is 0 Å². The molecule has 1 fully saturated rings. The van der Waals surface area contributed by atoms with Gasteiger partial charge in [-0.1, -0.05) is 13.8 Å². The van der Waals surface area contributed by atoms with Crippen LogP contribution in [0.25, 0.3) is 0 Å². The van der Waals surface area contributed by atoms with E-state index in [1.165, 1.54) is 0 Å². The lowest BCUT2D eigenvalue weighted by molar-refractivity contribution is -0.0320. The molecule has 0 amide bonds. The highest BCUT2D eigenvalue weighted by Crippen LogP contribution is 2.25. The Morgan fingerprint density at radius 1 is 1.55 bits per heavy atom. The van der Waals surface area contributed by atoms with Crippen LogP contribution in [0.1, 0.15) is 20.3 Å². The molecule has 0 aromatic carbocycles. The van der Waals surface area contributed by atoms with Gasteiger partial charge < -0.3 is 14.9 Å². The molecule has 66 valence electrons. The Labute approximate surface area is 67.0 Å². The molecule has 3 unspecified atom stereocenters. The molecule has 3 heteroatoms. The third kappa shape index (κ3) is 1.92. The van der Waals surface area contributed by atoms with Gasteiger partial charge in [0.15, 0.2) is 0 Å². The van der Waals surface area contributed by atoms with Crippen molar-refractivity contribution in [2.75, 3.05) is 6.61 Å². The van der Waals surface area contributed by atoms with Crippen LogP contribution in [-0.4, -0.2) is 35.1 Å². The predicted molar refractivity (Wildman–Crippen MR) is 41.2 cm³/mol. The summed E-state index contributed by atoms with van der Waals surface area (Å²) < 4.78 is 5.38. The van der Waals surface area contributed by atoms with E-state index >= 15 is 0 Å². The highest BCUT2D eigenvalue weighted by molar-refractivity contribution is 4.83. The van der Waals surface area contributed by atoms with Crippen LogP contribution in [0.5, 0.6) is 0 Å². The third-order valence-electron chi connectivity index (χ3n) is 2.09. The molecule has 1 rings (SSSR count). The number of ether oxygens (including phenoxy) is 1. The molecule has 1 heterocycles. The van der Waals surface area contributed by atoms with Crippen molar-refractivity contribution in [1.29, 1.82) is 0 Å². The molecule has 0 aromatic heterocycles. The molecule has 3 nitrogen and oxygen atoms in total. The maximum absolute atomic E-state index is 9.42. The first-order chi connectivity index (χ1) is 5.15. The molecule has 1 aliphatic rings. The predicted octanol–water partition coefficient (Wildman–Crippen LogP) is 0.153. The van der Waals surface area contributed by atoms with Crippen molar-refractivity contribution in [3.05, 3.63) is 0 Å². The lowest BCUT2D eigenvalue weighted by Gasteiger charge is -2.17. The van der Waals surface area contributed by atoms with Crippen LogP contribution in [-0.2, 0) is 4.74 Å². The molecular formula is C8H16O3. The van der Waals surface area contributed by atoms with Crippen LogP contribution in [0.15, 0.2) is 0 Å². The maximum Gasteiger partial charge on any atom is 0.0862 e. The van der Waals surface area contributed by atoms with E-state index < -0.39 is 6.10 Å². The first-order valence-corrected chi connectivity index (χ1v) is 4.09. The van der Waals surface area contributed by atoms with Crippen molar-refractivity contribution >= 4 is 0 Å². The van der Waals surface area contributed by atoms with Crippen LogP contribution < -0.4 is 0 Å². The van der Waals surface area contributed by atoms with Crippen LogP contribution in [0.4, 0.5) is 0 Å². The molecule has 1 saturated heterocycles. The van der Waals surface area contributed by atoms with Gasteiger partial charge in [-0.2, -0.15) is 0 Å². The monoisotopic (exact) mass is 160 g/mol. The number of rotatable bonds is 2. The van der Waals surface area contributed by atoms with Crippen LogP contribution in [0, 0.1) is 5.92 Å². The molecule has 0 aliphatic carbocycles. The summed E-state index contributed by atoms with van der Waals surface area (Å²) in [6.45, 7) is 4.03. The zero-order valence-corrected chi connectivity index (χ0v) is 7.03. The second kappa shape index (κ2) is 3.52. The molecule has 0 bridgehead atoms. The second-order valence-electron chi connectivity index (χ2n) is 3.45. The SMILES string of the molecule is CC(C)C1OC(CO)CC1O. The Hall–Kier alpha value is -0.120. The number of hydrogen-bond donors (Lipinski definition) is 2. The molecule has 11 heavy (non-hydrogen) atoms. The van der Waals surface area contributed by atoms with E-state index in [1.54, 1.807) is 0 Å². The van der Waals surface area contributed by atoms with Gasteiger partial charge in [-0.25, -0.2) is 0 Å². The molecule has 2 N–H and O–H groups in total. The van der Waals surface area contributed by atoms with Crippen molar-refractivity contribution in [2.24, 2.45) is 5.92 Å². The van der Waals surface area contributed by atoms with Gasteiger partial charge >= 0.3 is 0 Å². The number of hydrogen-bond acceptors (Lipinski definition) is 3. The summed E-state index contributed by atoms with van der Waals surface area (Å²) in [6, 6.07) is 0. The van der Waals surface area contributed by atoms with Gasteiger partial charge in [-0.3, -0.25) is 0 Å². The van der Waals surface area contributed by atoms with E-state index in [1.807, 2.05) is 13.8 Å². The third-order valence-corrected chi connectivity index (χ3v) is 2.09. The van der Waals surface area contributed by atoms with Crippen molar-refractivity contribution in [3.8, 4) is 0 Å². The average Bonchev–Trinajstić information content (AvgIpc) is 2.30. The smallest absolute Gasteiger partial charge is 0.0862 e. The van der Waals surface area contributed by atoms with Crippen LogP contribution in [0.2, 0.25) is 0 Å². The minimum Gasteiger partial charge on any atom is -0.394 e. The Morgan fingerprint density at radius 2 is 2.18 bits per heavy atom. The van der Waals surface area contributed by atoms with Gasteiger partial charge in [0.05, 0.1) is 24.9 Å². The molecule has 3 atom stereocenters. The Kier molecular flexibility index (Phi) is 2.87. The fourth-order valence-corrected chi connectivity index (χ4v) is 1.49. The fourth-order valence-electron chi connectivity index (χ4n) is 1.49. The number of aliphatic hydroxyl groups excluding tert-OH is 2. The van der Waals surface area contributed by atoms with E-state index in [4.69, 9.17) is 9.84 Å². The Balaban J connectivity index is 2.45. The summed E-state index contributed by atoms with van der Waals surface area (Å²) in [6.07, 6.45) is -0.0731. The summed E-state index contributed by atoms with van der Waals surface area (Å²) in [7, 11) is 0. The maximum atomic E-state index is 9.42. The molecule has 0 aromatic rings. The lowest BCUT2D eigenvalue weighted by Crippen LogP contribution is -2.26. The Morgan fingerprint density at radius 3 is 2.45 bits per heavy atom. The molecular weight excluding hydrogens is 144 g/mol. The van der Waals surface area contributed by atoms with Gasteiger partial charge in [0.1, 0.15) is 0 Å². The summed E-state index contributed by atoms with van der Waals surface area (Å²) >= 11 is 0. The fraction of sp³-hybridized carbons (Fsp3) is 1.00. The topological polar surface area (TPSA) is 49.7 Å². The molecule has 0 saturated carbocycles. The minimum absolute atomic E-state index is 0.0142. The quantitative estimate of drug-likeness (QED) is 0.604. The van der Waals surface area contributed by atoms with E-state index in [9.17, 15) is 5.11 Å². The summed E-state index contributed by atoms with van der Waals surface area (Å²) in [5.41, 5.74) is 0. The van der Waals surface area contributed by atoms with Crippen molar-refractivity contribution < 1.29 is 14.9 Å². The molecule has 0 spiro atoms. The first kappa shape index (κ1) is 8.97. The highest BCUT2D eigenvalue weighted by Gasteiger charge is 2.34.